The molecule has 3 heterocycles. The van der Waals surface area contributed by atoms with Gasteiger partial charge in [-0.15, -0.1) is 0 Å². The zero-order valence-electron chi connectivity index (χ0n) is 17.7. The highest BCUT2D eigenvalue weighted by Gasteiger charge is 2.19. The summed E-state index contributed by atoms with van der Waals surface area (Å²) in [6, 6.07) is 20.0. The number of nitrogens with zero attached hydrogens (tertiary/aromatic N) is 4. The van der Waals surface area contributed by atoms with Gasteiger partial charge in [-0.1, -0.05) is 36.4 Å². The summed E-state index contributed by atoms with van der Waals surface area (Å²) in [6.45, 7) is 3.01. The summed E-state index contributed by atoms with van der Waals surface area (Å²) in [4.78, 5) is 21.0. The standard InChI is InChI=1S/C25H22N6O/c1-17-6-5-7-18-12-21(31(25(32)23(17)18)20-8-3-2-4-9-20)10-11-29-30-16-27-15-22-19(13-26)14-28-24(22)30/h2-9,12,14-15,28-29H,10-11,16H2,1H3. The third-order valence-electron chi connectivity index (χ3n) is 5.76. The van der Waals surface area contributed by atoms with E-state index in [2.05, 4.69) is 27.5 Å². The number of pyridine rings is 1. The van der Waals surface area contributed by atoms with Gasteiger partial charge in [0.25, 0.3) is 5.56 Å². The van der Waals surface area contributed by atoms with E-state index < -0.39 is 0 Å². The van der Waals surface area contributed by atoms with Crippen molar-refractivity contribution >= 4 is 22.8 Å². The van der Waals surface area contributed by atoms with Crippen molar-refractivity contribution in [3.8, 4) is 11.8 Å². The van der Waals surface area contributed by atoms with Crippen LogP contribution in [-0.2, 0) is 6.42 Å². The number of hydrogen-bond acceptors (Lipinski definition) is 5. The highest BCUT2D eigenvalue weighted by molar-refractivity contribution is 5.91. The SMILES string of the molecule is Cc1cccc2cc(CCNN3CN=Cc4c(C#N)c[nH]c43)n(-c3ccccc3)c(=O)c12. The molecule has 7 nitrogen and oxygen atoms in total. The first-order chi connectivity index (χ1) is 15.7. The zero-order valence-corrected chi connectivity index (χ0v) is 17.7. The molecule has 32 heavy (non-hydrogen) atoms. The summed E-state index contributed by atoms with van der Waals surface area (Å²) >= 11 is 0. The van der Waals surface area contributed by atoms with E-state index in [0.29, 0.717) is 25.2 Å². The van der Waals surface area contributed by atoms with E-state index in [1.165, 1.54) is 0 Å². The van der Waals surface area contributed by atoms with E-state index in [0.717, 1.165) is 39.1 Å². The molecule has 2 aromatic carbocycles. The van der Waals surface area contributed by atoms with Crippen LogP contribution in [0.4, 0.5) is 5.82 Å². The van der Waals surface area contributed by atoms with E-state index in [1.807, 2.05) is 60.5 Å². The van der Waals surface area contributed by atoms with Crippen LogP contribution >= 0.6 is 0 Å². The Kier molecular flexibility index (Phi) is 5.06. The van der Waals surface area contributed by atoms with Gasteiger partial charge in [0.15, 0.2) is 0 Å². The van der Waals surface area contributed by atoms with Gasteiger partial charge in [-0.2, -0.15) is 5.26 Å². The van der Waals surface area contributed by atoms with E-state index >= 15 is 0 Å². The Morgan fingerprint density at radius 3 is 2.84 bits per heavy atom. The highest BCUT2D eigenvalue weighted by Crippen LogP contribution is 2.23. The molecular formula is C25H22N6O. The lowest BCUT2D eigenvalue weighted by atomic mass is 10.0. The number of benzene rings is 2. The molecule has 0 saturated heterocycles. The van der Waals surface area contributed by atoms with Gasteiger partial charge in [0, 0.05) is 36.8 Å². The monoisotopic (exact) mass is 422 g/mol. The smallest absolute Gasteiger partial charge is 0.263 e. The van der Waals surface area contributed by atoms with Gasteiger partial charge in [-0.05, 0) is 36.1 Å². The van der Waals surface area contributed by atoms with Crippen LogP contribution in [0.2, 0.25) is 0 Å². The predicted octanol–water partition coefficient (Wildman–Crippen LogP) is 3.44. The fourth-order valence-corrected chi connectivity index (χ4v) is 4.24. The van der Waals surface area contributed by atoms with Crippen molar-refractivity contribution in [1.29, 1.82) is 5.26 Å². The number of fused-ring (bicyclic) bond motifs is 2. The number of aromatic amines is 1. The van der Waals surface area contributed by atoms with Crippen molar-refractivity contribution in [3.05, 3.63) is 93.5 Å². The minimum Gasteiger partial charge on any atom is -0.345 e. The average Bonchev–Trinajstić information content (AvgIpc) is 3.24. The van der Waals surface area contributed by atoms with Crippen LogP contribution in [-0.4, -0.2) is 29.0 Å². The Morgan fingerprint density at radius 1 is 1.19 bits per heavy atom. The number of aliphatic imine (C=N–C) groups is 1. The number of anilines is 1. The lowest BCUT2D eigenvalue weighted by Crippen LogP contribution is -2.42. The van der Waals surface area contributed by atoms with E-state index in [9.17, 15) is 10.1 Å². The first kappa shape index (κ1) is 19.8. The molecule has 0 spiro atoms. The molecular weight excluding hydrogens is 400 g/mol. The van der Waals surface area contributed by atoms with E-state index in [4.69, 9.17) is 0 Å². The van der Waals surface area contributed by atoms with Crippen LogP contribution in [0, 0.1) is 18.3 Å². The molecule has 2 aromatic heterocycles. The Bertz CT molecular complexity index is 1420. The lowest BCUT2D eigenvalue weighted by molar-refractivity contribution is 0.612. The number of H-pyrrole nitrogens is 1. The van der Waals surface area contributed by atoms with Crippen LogP contribution in [0.15, 0.2) is 70.6 Å². The molecule has 0 saturated carbocycles. The molecule has 1 aliphatic heterocycles. The Labute approximate surface area is 185 Å². The van der Waals surface area contributed by atoms with E-state index in [-0.39, 0.29) is 5.56 Å². The van der Waals surface area contributed by atoms with Crippen molar-refractivity contribution < 1.29 is 0 Å². The summed E-state index contributed by atoms with van der Waals surface area (Å²) in [5.74, 6) is 0.825. The lowest BCUT2D eigenvalue weighted by Gasteiger charge is -2.26. The summed E-state index contributed by atoms with van der Waals surface area (Å²) in [7, 11) is 0. The Hall–Kier alpha value is -4.15. The second kappa shape index (κ2) is 8.17. The molecule has 2 N–H and O–H groups in total. The maximum atomic E-state index is 13.5. The number of rotatable bonds is 5. The average molecular weight is 422 g/mol. The summed E-state index contributed by atoms with van der Waals surface area (Å²) < 4.78 is 1.80. The third kappa shape index (κ3) is 3.37. The maximum Gasteiger partial charge on any atom is 0.263 e. The van der Waals surface area contributed by atoms with E-state index in [1.54, 1.807) is 17.0 Å². The quantitative estimate of drug-likeness (QED) is 0.516. The van der Waals surface area contributed by atoms with Crippen molar-refractivity contribution in [1.82, 2.24) is 15.0 Å². The maximum absolute atomic E-state index is 13.5. The van der Waals surface area contributed by atoms with Crippen LogP contribution in [0.3, 0.4) is 0 Å². The summed E-state index contributed by atoms with van der Waals surface area (Å²) in [6.07, 6.45) is 4.05. The normalized spacial score (nSPS) is 12.7. The number of aryl methyl sites for hydroxylation is 1. The third-order valence-corrected chi connectivity index (χ3v) is 5.76. The number of hydrogen-bond donors (Lipinski definition) is 2. The number of hydrazine groups is 1. The molecule has 0 atom stereocenters. The molecule has 4 aromatic rings. The number of para-hydroxylation sites is 1. The van der Waals surface area contributed by atoms with Crippen molar-refractivity contribution in [3.63, 3.8) is 0 Å². The fourth-order valence-electron chi connectivity index (χ4n) is 4.24. The first-order valence-corrected chi connectivity index (χ1v) is 10.5. The van der Waals surface area contributed by atoms with Gasteiger partial charge in [0.1, 0.15) is 18.6 Å². The minimum atomic E-state index is -0.00492. The number of nitrogens with one attached hydrogen (secondary N) is 2. The molecule has 0 amide bonds. The topological polar surface area (TPSA) is 89.2 Å². The second-order valence-electron chi connectivity index (χ2n) is 7.77. The Balaban J connectivity index is 1.47. The molecule has 1 aliphatic rings. The molecule has 0 radical (unpaired) electrons. The molecule has 158 valence electrons. The highest BCUT2D eigenvalue weighted by atomic mass is 16.1. The van der Waals surface area contributed by atoms with Gasteiger partial charge in [0.2, 0.25) is 0 Å². The van der Waals surface area contributed by atoms with Crippen LogP contribution in [0.5, 0.6) is 0 Å². The first-order valence-electron chi connectivity index (χ1n) is 10.5. The largest absolute Gasteiger partial charge is 0.345 e. The summed E-state index contributed by atoms with van der Waals surface area (Å²) in [5, 5.41) is 12.9. The second-order valence-corrected chi connectivity index (χ2v) is 7.77. The minimum absolute atomic E-state index is 0.00492. The van der Waals surface area contributed by atoms with Gasteiger partial charge in [-0.3, -0.25) is 19.4 Å². The van der Waals surface area contributed by atoms with Crippen LogP contribution in [0.1, 0.15) is 22.4 Å². The van der Waals surface area contributed by atoms with Gasteiger partial charge in [-0.25, -0.2) is 5.43 Å². The van der Waals surface area contributed by atoms with Crippen molar-refractivity contribution in [2.45, 2.75) is 13.3 Å². The van der Waals surface area contributed by atoms with Gasteiger partial charge in [0.05, 0.1) is 16.5 Å². The Morgan fingerprint density at radius 2 is 2.03 bits per heavy atom. The molecule has 5 rings (SSSR count). The van der Waals surface area contributed by atoms with Crippen molar-refractivity contribution in [2.24, 2.45) is 4.99 Å². The molecule has 0 unspecified atom stereocenters. The molecule has 0 fully saturated rings. The number of aromatic nitrogens is 2. The fraction of sp³-hybridized carbons (Fsp3) is 0.160. The number of nitriles is 1. The zero-order chi connectivity index (χ0) is 22.1. The molecule has 0 aliphatic carbocycles. The molecule has 7 heteroatoms. The molecule has 0 bridgehead atoms. The van der Waals surface area contributed by atoms with Gasteiger partial charge < -0.3 is 4.98 Å². The van der Waals surface area contributed by atoms with Crippen LogP contribution < -0.4 is 16.0 Å². The summed E-state index contributed by atoms with van der Waals surface area (Å²) in [5.41, 5.74) is 7.49. The van der Waals surface area contributed by atoms with Gasteiger partial charge >= 0.3 is 0 Å². The van der Waals surface area contributed by atoms with Crippen molar-refractivity contribution in [2.75, 3.05) is 18.2 Å². The predicted molar refractivity (Wildman–Crippen MR) is 126 cm³/mol. The van der Waals surface area contributed by atoms with Crippen LogP contribution in [0.25, 0.3) is 16.5 Å².